The molecule has 0 radical (unpaired) electrons. The van der Waals surface area contributed by atoms with Crippen molar-refractivity contribution >= 4 is 11.8 Å². The number of carbonyl (C=O) groups is 2. The highest BCUT2D eigenvalue weighted by Crippen LogP contribution is 2.67. The van der Waals surface area contributed by atoms with Crippen LogP contribution in [0, 0.1) is 41.4 Å². The summed E-state index contributed by atoms with van der Waals surface area (Å²) in [5, 5.41) is 0. The average molecular weight is 447 g/mol. The molecule has 0 saturated heterocycles. The van der Waals surface area contributed by atoms with Crippen LogP contribution in [0.25, 0.3) is 0 Å². The quantitative estimate of drug-likeness (QED) is 0.442. The van der Waals surface area contributed by atoms with Crippen molar-refractivity contribution in [2.45, 2.75) is 70.3 Å². The summed E-state index contributed by atoms with van der Waals surface area (Å²) in [6.07, 6.45) is 16.7. The fourth-order valence-electron chi connectivity index (χ4n) is 8.00. The summed E-state index contributed by atoms with van der Waals surface area (Å²) in [6, 6.07) is 9.32. The number of terminal acetylenes is 1. The van der Waals surface area contributed by atoms with Gasteiger partial charge in [-0.25, -0.2) is 4.79 Å². The number of ketones is 1. The molecular weight excluding hydrogens is 412 g/mol. The van der Waals surface area contributed by atoms with E-state index in [9.17, 15) is 9.59 Å². The Morgan fingerprint density at radius 3 is 2.67 bits per heavy atom. The van der Waals surface area contributed by atoms with Gasteiger partial charge in [0.25, 0.3) is 0 Å². The predicted molar refractivity (Wildman–Crippen MR) is 126 cm³/mol. The van der Waals surface area contributed by atoms with Crippen molar-refractivity contribution in [1.82, 2.24) is 0 Å². The largest absolute Gasteiger partial charge is 0.482 e. The molecule has 1 aromatic carbocycles. The summed E-state index contributed by atoms with van der Waals surface area (Å²) in [6.45, 7) is 2.08. The van der Waals surface area contributed by atoms with Crippen LogP contribution in [-0.4, -0.2) is 24.0 Å². The standard InChI is InChI=1S/C29H34O4/c1-3-28-16-14-24-23-13-11-21(30)18-20(23)10-12-25(24)26(28)15-17-29(28,4-2)33-27(31)19-32-22-8-6-5-7-9-22/h2,5-9,18,23-26H,3,10-17,19H2,1H3/t23?,24?,25?,26?,28-,29-/m0/s1. The maximum Gasteiger partial charge on any atom is 0.345 e. The van der Waals surface area contributed by atoms with Gasteiger partial charge in [-0.3, -0.25) is 4.79 Å². The molecule has 0 amide bonds. The molecule has 4 heteroatoms. The third-order valence-electron chi connectivity index (χ3n) is 9.37. The molecule has 0 N–H and O–H groups in total. The van der Waals surface area contributed by atoms with Crippen LogP contribution in [0.1, 0.15) is 64.7 Å². The summed E-state index contributed by atoms with van der Waals surface area (Å²) in [7, 11) is 0. The molecule has 33 heavy (non-hydrogen) atoms. The zero-order valence-corrected chi connectivity index (χ0v) is 19.6. The second-order valence-corrected chi connectivity index (χ2v) is 10.4. The summed E-state index contributed by atoms with van der Waals surface area (Å²) in [5.74, 6) is 5.83. The van der Waals surface area contributed by atoms with Crippen LogP contribution < -0.4 is 4.74 Å². The van der Waals surface area contributed by atoms with Crippen LogP contribution in [0.2, 0.25) is 0 Å². The Kier molecular flexibility index (Phi) is 5.85. The molecule has 3 saturated carbocycles. The first-order valence-corrected chi connectivity index (χ1v) is 12.6. The van der Waals surface area contributed by atoms with Crippen molar-refractivity contribution in [2.75, 3.05) is 6.61 Å². The van der Waals surface area contributed by atoms with Gasteiger partial charge in [0.2, 0.25) is 0 Å². The summed E-state index contributed by atoms with van der Waals surface area (Å²) in [5.41, 5.74) is 0.367. The van der Waals surface area contributed by atoms with Gasteiger partial charge in [0.15, 0.2) is 18.0 Å². The lowest BCUT2D eigenvalue weighted by atomic mass is 9.49. The minimum Gasteiger partial charge on any atom is -0.482 e. The van der Waals surface area contributed by atoms with E-state index in [2.05, 4.69) is 12.8 Å². The van der Waals surface area contributed by atoms with Gasteiger partial charge in [-0.15, -0.1) is 6.42 Å². The smallest absolute Gasteiger partial charge is 0.345 e. The average Bonchev–Trinajstić information content (AvgIpc) is 3.17. The molecule has 4 aliphatic rings. The molecule has 4 aliphatic carbocycles. The lowest BCUT2D eigenvalue weighted by Gasteiger charge is -2.56. The second-order valence-electron chi connectivity index (χ2n) is 10.4. The zero-order valence-electron chi connectivity index (χ0n) is 19.6. The van der Waals surface area contributed by atoms with Crippen LogP contribution in [-0.2, 0) is 14.3 Å². The van der Waals surface area contributed by atoms with Crippen molar-refractivity contribution in [3.63, 3.8) is 0 Å². The van der Waals surface area contributed by atoms with Crippen LogP contribution in [0.15, 0.2) is 42.0 Å². The first-order valence-electron chi connectivity index (χ1n) is 12.6. The molecule has 3 fully saturated rings. The first kappa shape index (κ1) is 22.3. The number of para-hydroxylation sites is 1. The van der Waals surface area contributed by atoms with Gasteiger partial charge in [0.1, 0.15) is 5.75 Å². The number of fused-ring (bicyclic) bond motifs is 5. The molecule has 6 atom stereocenters. The molecule has 0 aliphatic heterocycles. The number of hydrogen-bond donors (Lipinski definition) is 0. The Morgan fingerprint density at radius 2 is 1.91 bits per heavy atom. The SMILES string of the molecule is C#C[C@]1(OC(=O)COc2ccccc2)CCC2C3CCC4=CC(=O)CCC4C3CC[C@@]21CC. The van der Waals surface area contributed by atoms with E-state index in [0.717, 1.165) is 51.4 Å². The van der Waals surface area contributed by atoms with E-state index in [1.807, 2.05) is 36.4 Å². The summed E-state index contributed by atoms with van der Waals surface area (Å²) >= 11 is 0. The van der Waals surface area contributed by atoms with Gasteiger partial charge >= 0.3 is 5.97 Å². The topological polar surface area (TPSA) is 52.6 Å². The number of benzene rings is 1. The highest BCUT2D eigenvalue weighted by molar-refractivity contribution is 5.91. The Labute approximate surface area is 197 Å². The number of rotatable bonds is 5. The van der Waals surface area contributed by atoms with Gasteiger partial charge in [0, 0.05) is 11.8 Å². The molecule has 4 unspecified atom stereocenters. The Hall–Kier alpha value is -2.54. The van der Waals surface area contributed by atoms with Crippen molar-refractivity contribution in [1.29, 1.82) is 0 Å². The number of carbonyl (C=O) groups excluding carboxylic acids is 2. The second kappa shape index (κ2) is 8.67. The molecule has 0 heterocycles. The van der Waals surface area contributed by atoms with E-state index in [4.69, 9.17) is 15.9 Å². The highest BCUT2D eigenvalue weighted by atomic mass is 16.6. The lowest BCUT2D eigenvalue weighted by molar-refractivity contribution is -0.175. The fourth-order valence-corrected chi connectivity index (χ4v) is 8.00. The van der Waals surface area contributed by atoms with E-state index in [0.29, 0.717) is 41.6 Å². The maximum atomic E-state index is 12.9. The highest BCUT2D eigenvalue weighted by Gasteiger charge is 2.65. The van der Waals surface area contributed by atoms with Gasteiger partial charge in [-0.05, 0) is 93.2 Å². The lowest BCUT2D eigenvalue weighted by Crippen LogP contribution is -2.55. The molecule has 1 aromatic rings. The minimum atomic E-state index is -0.854. The van der Waals surface area contributed by atoms with Crippen LogP contribution in [0.4, 0.5) is 0 Å². The van der Waals surface area contributed by atoms with E-state index in [1.54, 1.807) is 0 Å². The van der Waals surface area contributed by atoms with Gasteiger partial charge in [0.05, 0.1) is 0 Å². The van der Waals surface area contributed by atoms with E-state index < -0.39 is 5.60 Å². The predicted octanol–water partition coefficient (Wildman–Crippen LogP) is 5.51. The van der Waals surface area contributed by atoms with Crippen molar-refractivity contribution in [3.05, 3.63) is 42.0 Å². The summed E-state index contributed by atoms with van der Waals surface area (Å²) < 4.78 is 11.8. The van der Waals surface area contributed by atoms with E-state index in [-0.39, 0.29) is 18.0 Å². The number of hydrogen-bond acceptors (Lipinski definition) is 4. The monoisotopic (exact) mass is 446 g/mol. The van der Waals surface area contributed by atoms with Gasteiger partial charge in [-0.1, -0.05) is 36.6 Å². The molecule has 5 rings (SSSR count). The van der Waals surface area contributed by atoms with Crippen LogP contribution in [0.5, 0.6) is 5.75 Å². The van der Waals surface area contributed by atoms with Gasteiger partial charge < -0.3 is 9.47 Å². The molecule has 0 aromatic heterocycles. The van der Waals surface area contributed by atoms with E-state index in [1.165, 1.54) is 5.57 Å². The Balaban J connectivity index is 1.35. The molecule has 4 nitrogen and oxygen atoms in total. The third-order valence-corrected chi connectivity index (χ3v) is 9.37. The van der Waals surface area contributed by atoms with Gasteiger partial charge in [-0.2, -0.15) is 0 Å². The Bertz CT molecular complexity index is 989. The Morgan fingerprint density at radius 1 is 1.09 bits per heavy atom. The van der Waals surface area contributed by atoms with Crippen molar-refractivity contribution in [2.24, 2.45) is 29.1 Å². The molecule has 0 bridgehead atoms. The minimum absolute atomic E-state index is 0.131. The summed E-state index contributed by atoms with van der Waals surface area (Å²) in [4.78, 5) is 24.9. The van der Waals surface area contributed by atoms with E-state index >= 15 is 0 Å². The fraction of sp³-hybridized carbons (Fsp3) is 0.586. The molecular formula is C29H34O4. The molecule has 174 valence electrons. The maximum absolute atomic E-state index is 12.9. The number of ether oxygens (including phenoxy) is 2. The van der Waals surface area contributed by atoms with Crippen molar-refractivity contribution in [3.8, 4) is 18.1 Å². The number of esters is 1. The van der Waals surface area contributed by atoms with Crippen LogP contribution >= 0.6 is 0 Å². The first-order chi connectivity index (χ1) is 16.0. The molecule has 0 spiro atoms. The van der Waals surface area contributed by atoms with Crippen LogP contribution in [0.3, 0.4) is 0 Å². The zero-order chi connectivity index (χ0) is 23.1. The number of allylic oxidation sites excluding steroid dienone is 1. The third kappa shape index (κ3) is 3.61. The normalized spacial score (nSPS) is 37.1. The van der Waals surface area contributed by atoms with Crippen molar-refractivity contribution < 1.29 is 19.1 Å².